The number of nitrogens with zero attached hydrogens (tertiary/aromatic N) is 2. The lowest BCUT2D eigenvalue weighted by atomic mass is 10.2. The first-order valence-corrected chi connectivity index (χ1v) is 6.10. The van der Waals surface area contributed by atoms with Gasteiger partial charge in [0.1, 0.15) is 11.5 Å². The van der Waals surface area contributed by atoms with Gasteiger partial charge in [0.25, 0.3) is 5.69 Å². The smallest absolute Gasteiger partial charge is 0.292 e. The van der Waals surface area contributed by atoms with E-state index in [2.05, 4.69) is 0 Å². The number of rotatable bonds is 4. The maximum Gasteiger partial charge on any atom is 0.292 e. The van der Waals surface area contributed by atoms with Crippen molar-refractivity contribution in [1.29, 1.82) is 0 Å². The second-order valence-corrected chi connectivity index (χ2v) is 4.22. The van der Waals surface area contributed by atoms with Crippen LogP contribution in [-0.2, 0) is 0 Å². The van der Waals surface area contributed by atoms with Crippen molar-refractivity contribution in [3.8, 4) is 0 Å². The van der Waals surface area contributed by atoms with E-state index in [9.17, 15) is 14.5 Å². The highest BCUT2D eigenvalue weighted by atomic mass is 19.1. The van der Waals surface area contributed by atoms with Crippen molar-refractivity contribution >= 4 is 22.7 Å². The molecular formula is C14H14FN3O2. The van der Waals surface area contributed by atoms with Crippen LogP contribution in [-0.4, -0.2) is 11.5 Å². The summed E-state index contributed by atoms with van der Waals surface area (Å²) in [6, 6.07) is 10.6. The highest BCUT2D eigenvalue weighted by molar-refractivity contribution is 5.71. The Hall–Kier alpha value is -2.63. The topological polar surface area (TPSA) is 72.4 Å². The van der Waals surface area contributed by atoms with Gasteiger partial charge in [0.05, 0.1) is 4.92 Å². The fourth-order valence-corrected chi connectivity index (χ4v) is 2.03. The lowest BCUT2D eigenvalue weighted by Crippen LogP contribution is -2.16. The fourth-order valence-electron chi connectivity index (χ4n) is 2.03. The molecule has 0 aromatic heterocycles. The molecule has 0 amide bonds. The van der Waals surface area contributed by atoms with Crippen LogP contribution in [0, 0.1) is 15.9 Å². The number of hydrogen-bond acceptors (Lipinski definition) is 4. The van der Waals surface area contributed by atoms with E-state index in [4.69, 9.17) is 5.73 Å². The van der Waals surface area contributed by atoms with Crippen LogP contribution in [0.4, 0.5) is 27.1 Å². The molecule has 2 aromatic rings. The van der Waals surface area contributed by atoms with Crippen molar-refractivity contribution in [2.24, 2.45) is 0 Å². The molecule has 0 unspecified atom stereocenters. The lowest BCUT2D eigenvalue weighted by Gasteiger charge is -2.23. The summed E-state index contributed by atoms with van der Waals surface area (Å²) in [7, 11) is 0. The predicted molar refractivity (Wildman–Crippen MR) is 76.6 cm³/mol. The first-order chi connectivity index (χ1) is 9.52. The van der Waals surface area contributed by atoms with E-state index in [0.29, 0.717) is 17.9 Å². The van der Waals surface area contributed by atoms with Gasteiger partial charge in [-0.1, -0.05) is 6.07 Å². The molecule has 0 atom stereocenters. The number of benzene rings is 2. The van der Waals surface area contributed by atoms with E-state index >= 15 is 0 Å². The van der Waals surface area contributed by atoms with Crippen molar-refractivity contribution in [3.63, 3.8) is 0 Å². The minimum absolute atomic E-state index is 0.0855. The Morgan fingerprint density at radius 1 is 1.25 bits per heavy atom. The Labute approximate surface area is 115 Å². The number of nitro groups is 1. The summed E-state index contributed by atoms with van der Waals surface area (Å²) in [6.07, 6.45) is 0. The molecule has 0 saturated carbocycles. The summed E-state index contributed by atoms with van der Waals surface area (Å²) in [5.41, 5.74) is 6.98. The highest BCUT2D eigenvalue weighted by Gasteiger charge is 2.14. The van der Waals surface area contributed by atoms with Gasteiger partial charge in [-0.3, -0.25) is 10.1 Å². The van der Waals surface area contributed by atoms with E-state index in [1.54, 1.807) is 18.2 Å². The molecule has 0 aliphatic carbocycles. The Balaban J connectivity index is 2.42. The van der Waals surface area contributed by atoms with Gasteiger partial charge in [0, 0.05) is 24.0 Å². The number of nitro benzene ring substituents is 1. The SMILES string of the molecule is CCN(c1cccc(F)c1)c1ccc([N+](=O)[O-])c(N)c1. The lowest BCUT2D eigenvalue weighted by molar-refractivity contribution is -0.383. The molecule has 5 nitrogen and oxygen atoms in total. The maximum absolute atomic E-state index is 13.3. The molecule has 6 heteroatoms. The van der Waals surface area contributed by atoms with Crippen molar-refractivity contribution in [1.82, 2.24) is 0 Å². The maximum atomic E-state index is 13.3. The normalized spacial score (nSPS) is 10.3. The molecule has 0 spiro atoms. The molecule has 0 heterocycles. The number of hydrogen-bond donors (Lipinski definition) is 1. The first-order valence-electron chi connectivity index (χ1n) is 6.10. The van der Waals surface area contributed by atoms with Gasteiger partial charge < -0.3 is 10.6 Å². The molecule has 0 radical (unpaired) electrons. The van der Waals surface area contributed by atoms with Crippen LogP contribution in [0.15, 0.2) is 42.5 Å². The van der Waals surface area contributed by atoms with Gasteiger partial charge >= 0.3 is 0 Å². The Morgan fingerprint density at radius 2 is 1.95 bits per heavy atom. The van der Waals surface area contributed by atoms with Crippen LogP contribution in [0.1, 0.15) is 6.92 Å². The molecule has 104 valence electrons. The first kappa shape index (κ1) is 13.8. The summed E-state index contributed by atoms with van der Waals surface area (Å²) in [5.74, 6) is -0.337. The molecule has 2 N–H and O–H groups in total. The van der Waals surface area contributed by atoms with Crippen LogP contribution < -0.4 is 10.6 Å². The summed E-state index contributed by atoms with van der Waals surface area (Å²) in [5, 5.41) is 10.7. The molecule has 0 saturated heterocycles. The van der Waals surface area contributed by atoms with Crippen LogP contribution in [0.3, 0.4) is 0 Å². The number of nitrogen functional groups attached to an aromatic ring is 1. The molecule has 20 heavy (non-hydrogen) atoms. The van der Waals surface area contributed by atoms with Gasteiger partial charge in [0.2, 0.25) is 0 Å². The standard InChI is InChI=1S/C14H14FN3O2/c1-2-17(11-5-3-4-10(15)8-11)12-6-7-14(18(19)20)13(16)9-12/h3-9H,2,16H2,1H3. The van der Waals surface area contributed by atoms with Crippen molar-refractivity contribution in [2.75, 3.05) is 17.2 Å². The summed E-state index contributed by atoms with van der Waals surface area (Å²) < 4.78 is 13.3. The number of halogens is 1. The third-order valence-electron chi connectivity index (χ3n) is 2.96. The van der Waals surface area contributed by atoms with E-state index in [-0.39, 0.29) is 17.2 Å². The average Bonchev–Trinajstić information content (AvgIpc) is 2.39. The summed E-state index contributed by atoms with van der Waals surface area (Å²) in [4.78, 5) is 12.0. The average molecular weight is 275 g/mol. The van der Waals surface area contributed by atoms with Crippen LogP contribution in [0.25, 0.3) is 0 Å². The van der Waals surface area contributed by atoms with Crippen LogP contribution >= 0.6 is 0 Å². The number of anilines is 3. The zero-order valence-electron chi connectivity index (χ0n) is 10.9. The second kappa shape index (κ2) is 5.56. The van der Waals surface area contributed by atoms with Gasteiger partial charge in [-0.15, -0.1) is 0 Å². The van der Waals surface area contributed by atoms with E-state index in [0.717, 1.165) is 0 Å². The summed E-state index contributed by atoms with van der Waals surface area (Å²) in [6.45, 7) is 2.49. The van der Waals surface area contributed by atoms with Crippen LogP contribution in [0.5, 0.6) is 0 Å². The molecule has 0 fully saturated rings. The minimum Gasteiger partial charge on any atom is -0.393 e. The van der Waals surface area contributed by atoms with Gasteiger partial charge in [-0.2, -0.15) is 0 Å². The Morgan fingerprint density at radius 3 is 2.50 bits per heavy atom. The Bertz CT molecular complexity index is 646. The molecule has 0 bridgehead atoms. The third-order valence-corrected chi connectivity index (χ3v) is 2.96. The molecule has 0 aliphatic heterocycles. The van der Waals surface area contributed by atoms with Gasteiger partial charge in [-0.25, -0.2) is 4.39 Å². The van der Waals surface area contributed by atoms with E-state index in [1.807, 2.05) is 11.8 Å². The minimum atomic E-state index is -0.530. The van der Waals surface area contributed by atoms with Crippen molar-refractivity contribution in [2.45, 2.75) is 6.92 Å². The predicted octanol–water partition coefficient (Wildman–Crippen LogP) is 3.47. The third kappa shape index (κ3) is 2.69. The second-order valence-electron chi connectivity index (χ2n) is 4.22. The van der Waals surface area contributed by atoms with Gasteiger partial charge in [-0.05, 0) is 37.3 Å². The zero-order valence-corrected chi connectivity index (χ0v) is 10.9. The number of nitrogens with two attached hydrogens (primary N) is 1. The van der Waals surface area contributed by atoms with Crippen LogP contribution in [0.2, 0.25) is 0 Å². The fraction of sp³-hybridized carbons (Fsp3) is 0.143. The quantitative estimate of drug-likeness (QED) is 0.526. The zero-order chi connectivity index (χ0) is 14.7. The Kier molecular flexibility index (Phi) is 3.84. The van der Waals surface area contributed by atoms with E-state index < -0.39 is 4.92 Å². The van der Waals surface area contributed by atoms with E-state index in [1.165, 1.54) is 24.3 Å². The summed E-state index contributed by atoms with van der Waals surface area (Å²) >= 11 is 0. The molecule has 2 aromatic carbocycles. The monoisotopic (exact) mass is 275 g/mol. The van der Waals surface area contributed by atoms with Crippen molar-refractivity contribution in [3.05, 3.63) is 58.4 Å². The van der Waals surface area contributed by atoms with Crippen molar-refractivity contribution < 1.29 is 9.31 Å². The molecular weight excluding hydrogens is 261 g/mol. The molecule has 2 rings (SSSR count). The highest BCUT2D eigenvalue weighted by Crippen LogP contribution is 2.31. The largest absolute Gasteiger partial charge is 0.393 e. The van der Waals surface area contributed by atoms with Gasteiger partial charge in [0.15, 0.2) is 0 Å². The molecule has 0 aliphatic rings.